The highest BCUT2D eigenvalue weighted by Gasteiger charge is 2.26. The van der Waals surface area contributed by atoms with Gasteiger partial charge < -0.3 is 30.0 Å². The fourth-order valence-electron chi connectivity index (χ4n) is 4.72. The molecule has 0 saturated carbocycles. The molecular formula is C24H28N6O3. The number of ether oxygens (including phenoxy) is 2. The Bertz CT molecular complexity index is 1200. The average Bonchev–Trinajstić information content (AvgIpc) is 3.10. The number of nitrogens with zero attached hydrogens (tertiary/aromatic N) is 3. The highest BCUT2D eigenvalue weighted by atomic mass is 16.5. The van der Waals surface area contributed by atoms with E-state index in [9.17, 15) is 4.79 Å². The minimum atomic E-state index is -0.0372. The van der Waals surface area contributed by atoms with Crippen molar-refractivity contribution >= 4 is 17.5 Å². The van der Waals surface area contributed by atoms with E-state index in [1.165, 1.54) is 0 Å². The molecule has 1 fully saturated rings. The van der Waals surface area contributed by atoms with E-state index in [4.69, 9.17) is 14.5 Å². The molecule has 3 aromatic rings. The van der Waals surface area contributed by atoms with Crippen LogP contribution < -0.4 is 20.7 Å². The quantitative estimate of drug-likeness (QED) is 0.552. The van der Waals surface area contributed by atoms with Crippen molar-refractivity contribution in [3.8, 4) is 17.0 Å². The summed E-state index contributed by atoms with van der Waals surface area (Å²) < 4.78 is 13.6. The van der Waals surface area contributed by atoms with Crippen LogP contribution in [0, 0.1) is 13.8 Å². The average molecular weight is 449 g/mol. The van der Waals surface area contributed by atoms with E-state index >= 15 is 0 Å². The van der Waals surface area contributed by atoms with E-state index in [1.807, 2.05) is 38.1 Å². The van der Waals surface area contributed by atoms with Crippen molar-refractivity contribution in [2.75, 3.05) is 38.7 Å². The lowest BCUT2D eigenvalue weighted by Crippen LogP contribution is -2.35. The zero-order chi connectivity index (χ0) is 22.9. The summed E-state index contributed by atoms with van der Waals surface area (Å²) in [5, 5.41) is 9.56. The summed E-state index contributed by atoms with van der Waals surface area (Å²) in [6.07, 6.45) is 1.69. The first-order valence-corrected chi connectivity index (χ1v) is 11.2. The molecule has 9 heteroatoms. The van der Waals surface area contributed by atoms with E-state index in [0.29, 0.717) is 24.8 Å². The Morgan fingerprint density at radius 3 is 2.88 bits per heavy atom. The molecule has 0 spiro atoms. The molecule has 1 aromatic carbocycles. The number of rotatable bonds is 5. The lowest BCUT2D eigenvalue weighted by Gasteiger charge is -2.25. The van der Waals surface area contributed by atoms with E-state index in [2.05, 4.69) is 25.5 Å². The van der Waals surface area contributed by atoms with Gasteiger partial charge in [-0.25, -0.2) is 9.97 Å². The van der Waals surface area contributed by atoms with Crippen molar-refractivity contribution < 1.29 is 14.3 Å². The first-order chi connectivity index (χ1) is 16.1. The molecule has 172 valence electrons. The van der Waals surface area contributed by atoms with Gasteiger partial charge in [0.1, 0.15) is 11.4 Å². The number of anilines is 2. The topological polar surface area (TPSA) is 102 Å². The van der Waals surface area contributed by atoms with Crippen molar-refractivity contribution in [2.45, 2.75) is 26.5 Å². The van der Waals surface area contributed by atoms with Crippen molar-refractivity contribution in [1.29, 1.82) is 0 Å². The van der Waals surface area contributed by atoms with Crippen molar-refractivity contribution in [1.82, 2.24) is 25.2 Å². The molecule has 4 heterocycles. The Labute approximate surface area is 192 Å². The van der Waals surface area contributed by atoms with Gasteiger partial charge in [-0.3, -0.25) is 4.79 Å². The molecule has 1 atom stereocenters. The number of morpholine rings is 1. The van der Waals surface area contributed by atoms with Gasteiger partial charge in [0.2, 0.25) is 5.95 Å². The lowest BCUT2D eigenvalue weighted by atomic mass is 10.1. The second kappa shape index (κ2) is 8.84. The van der Waals surface area contributed by atoms with Gasteiger partial charge in [-0.1, -0.05) is 6.07 Å². The second-order valence-electron chi connectivity index (χ2n) is 8.25. The van der Waals surface area contributed by atoms with Crippen LogP contribution in [0.15, 0.2) is 30.5 Å². The first kappa shape index (κ1) is 21.4. The van der Waals surface area contributed by atoms with E-state index in [1.54, 1.807) is 13.3 Å². The molecule has 0 bridgehead atoms. The Kier molecular flexibility index (Phi) is 5.74. The van der Waals surface area contributed by atoms with Crippen molar-refractivity contribution in [3.05, 3.63) is 53.0 Å². The molecule has 2 aliphatic heterocycles. The smallest absolute Gasteiger partial charge is 0.268 e. The van der Waals surface area contributed by atoms with E-state index < -0.39 is 0 Å². The summed E-state index contributed by atoms with van der Waals surface area (Å²) >= 11 is 0. The molecule has 2 aliphatic rings. The van der Waals surface area contributed by atoms with E-state index in [0.717, 1.165) is 59.1 Å². The van der Waals surface area contributed by atoms with Gasteiger partial charge in [-0.2, -0.15) is 0 Å². The summed E-state index contributed by atoms with van der Waals surface area (Å²) in [5.74, 6) is 1.19. The van der Waals surface area contributed by atoms with Crippen LogP contribution in [0.2, 0.25) is 0 Å². The number of fused-ring (bicyclic) bond motifs is 1. The van der Waals surface area contributed by atoms with Gasteiger partial charge in [-0.05, 0) is 31.5 Å². The number of benzene rings is 1. The van der Waals surface area contributed by atoms with Crippen LogP contribution in [0.5, 0.6) is 5.75 Å². The maximum absolute atomic E-state index is 12.4. The summed E-state index contributed by atoms with van der Waals surface area (Å²) in [7, 11) is 1.66. The number of hydrogen-bond acceptors (Lipinski definition) is 7. The summed E-state index contributed by atoms with van der Waals surface area (Å²) in [6.45, 7) is 7.70. The van der Waals surface area contributed by atoms with Crippen molar-refractivity contribution in [3.63, 3.8) is 0 Å². The molecule has 9 nitrogen and oxygen atoms in total. The van der Waals surface area contributed by atoms with Crippen LogP contribution in [0.3, 0.4) is 0 Å². The number of hydrogen-bond donors (Lipinski definition) is 3. The molecule has 5 rings (SSSR count). The molecule has 1 amide bonds. The first-order valence-electron chi connectivity index (χ1n) is 11.2. The van der Waals surface area contributed by atoms with Crippen LogP contribution in [0.1, 0.15) is 33.4 Å². The fourth-order valence-corrected chi connectivity index (χ4v) is 4.72. The van der Waals surface area contributed by atoms with E-state index in [-0.39, 0.29) is 12.0 Å². The minimum Gasteiger partial charge on any atom is -0.496 e. The number of nitrogens with one attached hydrogen (secondary N) is 3. The molecule has 1 saturated heterocycles. The third kappa shape index (κ3) is 3.94. The normalized spacial score (nSPS) is 17.9. The molecule has 3 N–H and O–H groups in total. The fraction of sp³-hybridized carbons (Fsp3) is 0.375. The SMILES string of the molecule is COc1cc(Nc2nccc(-c3c(C)c4n(c3C)CCNC4=O)n2)ccc1C1CNCCO1. The Hall–Kier alpha value is -3.43. The Balaban J connectivity index is 1.44. The van der Waals surface area contributed by atoms with Gasteiger partial charge in [0.25, 0.3) is 5.91 Å². The predicted molar refractivity (Wildman–Crippen MR) is 125 cm³/mol. The lowest BCUT2D eigenvalue weighted by molar-refractivity contribution is 0.0263. The number of carbonyl (C=O) groups is 1. The van der Waals surface area contributed by atoms with Gasteiger partial charge in [0, 0.05) is 61.0 Å². The minimum absolute atomic E-state index is 0.0358. The highest BCUT2D eigenvalue weighted by molar-refractivity contribution is 5.97. The molecular weight excluding hydrogens is 420 g/mol. The van der Waals surface area contributed by atoms with Gasteiger partial charge >= 0.3 is 0 Å². The number of aromatic nitrogens is 3. The van der Waals surface area contributed by atoms with Crippen molar-refractivity contribution in [2.24, 2.45) is 0 Å². The molecule has 0 radical (unpaired) electrons. The summed E-state index contributed by atoms with van der Waals surface area (Å²) in [4.78, 5) is 21.6. The second-order valence-corrected chi connectivity index (χ2v) is 8.25. The standard InChI is InChI=1S/C24H28N6O3/c1-14-21(15(2)30-10-8-26-23(31)22(14)30)18-6-7-27-24(29-18)28-16-4-5-17(19(12-16)32-3)20-13-25-9-11-33-20/h4-7,12,20,25H,8-11,13H2,1-3H3,(H,26,31)(H,27,28,29). The largest absolute Gasteiger partial charge is 0.496 e. The Morgan fingerprint density at radius 1 is 1.24 bits per heavy atom. The number of carbonyl (C=O) groups excluding carboxylic acids is 1. The third-order valence-corrected chi connectivity index (χ3v) is 6.28. The van der Waals surface area contributed by atoms with Crippen LogP contribution in [0.4, 0.5) is 11.6 Å². The van der Waals surface area contributed by atoms with Crippen LogP contribution in [-0.4, -0.2) is 53.8 Å². The van der Waals surface area contributed by atoms with Gasteiger partial charge in [0.05, 0.1) is 25.5 Å². The summed E-state index contributed by atoms with van der Waals surface area (Å²) in [5.41, 5.74) is 6.26. The Morgan fingerprint density at radius 2 is 2.12 bits per heavy atom. The monoisotopic (exact) mass is 448 g/mol. The maximum Gasteiger partial charge on any atom is 0.268 e. The third-order valence-electron chi connectivity index (χ3n) is 6.28. The highest BCUT2D eigenvalue weighted by Crippen LogP contribution is 2.34. The zero-order valence-corrected chi connectivity index (χ0v) is 19.1. The zero-order valence-electron chi connectivity index (χ0n) is 19.1. The van der Waals surface area contributed by atoms with Crippen LogP contribution in [0.25, 0.3) is 11.3 Å². The number of amides is 1. The predicted octanol–water partition coefficient (Wildman–Crippen LogP) is 2.72. The molecule has 33 heavy (non-hydrogen) atoms. The maximum atomic E-state index is 12.4. The summed E-state index contributed by atoms with van der Waals surface area (Å²) in [6, 6.07) is 7.80. The van der Waals surface area contributed by atoms with Crippen LogP contribution >= 0.6 is 0 Å². The molecule has 2 aromatic heterocycles. The van der Waals surface area contributed by atoms with Gasteiger partial charge in [0.15, 0.2) is 0 Å². The molecule has 0 aliphatic carbocycles. The van der Waals surface area contributed by atoms with Gasteiger partial charge in [-0.15, -0.1) is 0 Å². The molecule has 1 unspecified atom stereocenters. The number of methoxy groups -OCH3 is 1. The van der Waals surface area contributed by atoms with Crippen LogP contribution in [-0.2, 0) is 11.3 Å².